The smallest absolute Gasteiger partial charge is 0.387 e. The van der Waals surface area contributed by atoms with Crippen LogP contribution >= 0.6 is 15.9 Å². The molecule has 0 atom stereocenters. The second kappa shape index (κ2) is 8.62. The van der Waals surface area contributed by atoms with Gasteiger partial charge in [-0.3, -0.25) is 4.79 Å². The number of carbonyl (C=O) groups is 1. The van der Waals surface area contributed by atoms with Crippen LogP contribution < -0.4 is 14.8 Å². The largest absolute Gasteiger partial charge is 0.493 e. The quantitative estimate of drug-likeness (QED) is 0.678. The Morgan fingerprint density at radius 1 is 1.28 bits per heavy atom. The summed E-state index contributed by atoms with van der Waals surface area (Å²) in [4.78, 5) is 12.1. The summed E-state index contributed by atoms with van der Waals surface area (Å²) in [5, 5.41) is 2.73. The number of para-hydroxylation sites is 1. The lowest BCUT2D eigenvalue weighted by Gasteiger charge is -2.12. The summed E-state index contributed by atoms with van der Waals surface area (Å²) in [5.74, 6) is -0.361. The highest BCUT2D eigenvalue weighted by atomic mass is 79.9. The van der Waals surface area contributed by atoms with Crippen LogP contribution in [0, 0.1) is 6.92 Å². The molecule has 2 rings (SSSR count). The summed E-state index contributed by atoms with van der Waals surface area (Å²) in [7, 11) is 1.35. The number of anilines is 1. The average molecular weight is 412 g/mol. The third-order valence-electron chi connectivity index (χ3n) is 3.31. The first-order valence-corrected chi connectivity index (χ1v) is 8.07. The molecule has 0 aromatic heterocycles. The summed E-state index contributed by atoms with van der Waals surface area (Å²) in [6, 6.07) is 10.2. The summed E-state index contributed by atoms with van der Waals surface area (Å²) in [6.45, 7) is -1.14. The summed E-state index contributed by atoms with van der Waals surface area (Å²) < 4.78 is 35.6. The fraction of sp³-hybridized carbons (Fsp3) is 0.167. The molecule has 7 heteroatoms. The number of methoxy groups -OCH3 is 1. The number of amides is 1. The van der Waals surface area contributed by atoms with Crippen LogP contribution in [-0.2, 0) is 4.79 Å². The predicted octanol–water partition coefficient (Wildman–Crippen LogP) is 5.02. The molecule has 0 aliphatic carbocycles. The van der Waals surface area contributed by atoms with E-state index in [-0.39, 0.29) is 11.5 Å². The van der Waals surface area contributed by atoms with Gasteiger partial charge in [-0.25, -0.2) is 0 Å². The van der Waals surface area contributed by atoms with E-state index in [4.69, 9.17) is 4.74 Å². The van der Waals surface area contributed by atoms with E-state index in [0.29, 0.717) is 11.3 Å². The van der Waals surface area contributed by atoms with Crippen LogP contribution in [0.2, 0.25) is 0 Å². The zero-order valence-electron chi connectivity index (χ0n) is 13.6. The minimum Gasteiger partial charge on any atom is -0.493 e. The van der Waals surface area contributed by atoms with Crippen molar-refractivity contribution in [2.24, 2.45) is 0 Å². The van der Waals surface area contributed by atoms with Crippen molar-refractivity contribution < 1.29 is 23.0 Å². The van der Waals surface area contributed by atoms with Gasteiger partial charge in [0.1, 0.15) is 0 Å². The lowest BCUT2D eigenvalue weighted by Crippen LogP contribution is -2.09. The van der Waals surface area contributed by atoms with E-state index in [1.54, 1.807) is 18.2 Å². The second-order valence-electron chi connectivity index (χ2n) is 5.04. The van der Waals surface area contributed by atoms with Crippen molar-refractivity contribution in [3.63, 3.8) is 0 Å². The number of ether oxygens (including phenoxy) is 2. The summed E-state index contributed by atoms with van der Waals surface area (Å²) in [5.41, 5.74) is 1.85. The van der Waals surface area contributed by atoms with Crippen molar-refractivity contribution in [2.45, 2.75) is 13.5 Å². The number of nitrogens with one attached hydrogen (secondary N) is 1. The molecule has 132 valence electrons. The van der Waals surface area contributed by atoms with Crippen LogP contribution in [0.5, 0.6) is 11.5 Å². The number of alkyl halides is 2. The Morgan fingerprint density at radius 2 is 2.04 bits per heavy atom. The normalized spacial score (nSPS) is 11.0. The molecule has 0 spiro atoms. The summed E-state index contributed by atoms with van der Waals surface area (Å²) in [6.07, 6.45) is 2.64. The van der Waals surface area contributed by atoms with E-state index in [1.165, 1.54) is 25.3 Å². The molecule has 25 heavy (non-hydrogen) atoms. The number of hydrogen-bond acceptors (Lipinski definition) is 3. The minimum atomic E-state index is -3.00. The van der Waals surface area contributed by atoms with Crippen molar-refractivity contribution >= 4 is 33.6 Å². The van der Waals surface area contributed by atoms with E-state index in [2.05, 4.69) is 26.0 Å². The van der Waals surface area contributed by atoms with Gasteiger partial charge in [0.15, 0.2) is 11.5 Å². The maximum Gasteiger partial charge on any atom is 0.387 e. The molecule has 0 bridgehead atoms. The monoisotopic (exact) mass is 411 g/mol. The van der Waals surface area contributed by atoms with Gasteiger partial charge in [-0.1, -0.05) is 34.1 Å². The first-order chi connectivity index (χ1) is 11.9. The summed E-state index contributed by atoms with van der Waals surface area (Å²) >= 11 is 3.34. The molecule has 0 aliphatic heterocycles. The first kappa shape index (κ1) is 18.9. The molecule has 0 radical (unpaired) electrons. The zero-order valence-corrected chi connectivity index (χ0v) is 15.1. The fourth-order valence-corrected chi connectivity index (χ4v) is 2.47. The Bertz CT molecular complexity index is 794. The first-order valence-electron chi connectivity index (χ1n) is 7.27. The zero-order chi connectivity index (χ0) is 18.4. The van der Waals surface area contributed by atoms with Gasteiger partial charge < -0.3 is 14.8 Å². The number of hydrogen-bond donors (Lipinski definition) is 1. The standard InChI is InChI=1S/C18H16BrF2NO3/c1-11-6-8-13(19)10-14(11)22-16(23)9-7-12-4-3-5-15(24-2)17(12)25-18(20)21/h3-10,18H,1-2H3,(H,22,23)/b9-7+. The van der Waals surface area contributed by atoms with Gasteiger partial charge in [0, 0.05) is 21.8 Å². The second-order valence-corrected chi connectivity index (χ2v) is 5.95. The van der Waals surface area contributed by atoms with E-state index in [1.807, 2.05) is 19.1 Å². The van der Waals surface area contributed by atoms with Crippen molar-refractivity contribution in [3.05, 3.63) is 58.1 Å². The third kappa shape index (κ3) is 5.29. The number of aryl methyl sites for hydroxylation is 1. The molecule has 0 saturated heterocycles. The predicted molar refractivity (Wildman–Crippen MR) is 96.2 cm³/mol. The molecule has 2 aromatic rings. The molecule has 0 fully saturated rings. The highest BCUT2D eigenvalue weighted by Gasteiger charge is 2.14. The third-order valence-corrected chi connectivity index (χ3v) is 3.80. The molecule has 0 aliphatic rings. The van der Waals surface area contributed by atoms with Crippen LogP contribution in [0.15, 0.2) is 46.9 Å². The molecule has 4 nitrogen and oxygen atoms in total. The lowest BCUT2D eigenvalue weighted by molar-refractivity contribution is -0.111. The number of halogens is 3. The van der Waals surface area contributed by atoms with Crippen molar-refractivity contribution in [2.75, 3.05) is 12.4 Å². The Morgan fingerprint density at radius 3 is 2.72 bits per heavy atom. The average Bonchev–Trinajstić information content (AvgIpc) is 2.56. The maximum atomic E-state index is 12.6. The Balaban J connectivity index is 2.20. The molecule has 1 amide bonds. The van der Waals surface area contributed by atoms with Gasteiger partial charge >= 0.3 is 6.61 Å². The molecule has 2 aromatic carbocycles. The maximum absolute atomic E-state index is 12.6. The van der Waals surface area contributed by atoms with Crippen LogP contribution in [0.1, 0.15) is 11.1 Å². The Kier molecular flexibility index (Phi) is 6.52. The van der Waals surface area contributed by atoms with Crippen molar-refractivity contribution in [3.8, 4) is 11.5 Å². The van der Waals surface area contributed by atoms with Crippen LogP contribution in [0.25, 0.3) is 6.08 Å². The van der Waals surface area contributed by atoms with Crippen LogP contribution in [0.4, 0.5) is 14.5 Å². The molecule has 0 heterocycles. The Labute approximate surface area is 152 Å². The molecule has 0 saturated carbocycles. The van der Waals surface area contributed by atoms with Gasteiger partial charge in [-0.15, -0.1) is 0 Å². The van der Waals surface area contributed by atoms with E-state index < -0.39 is 12.5 Å². The van der Waals surface area contributed by atoms with Gasteiger partial charge in [-0.2, -0.15) is 8.78 Å². The minimum absolute atomic E-state index is 0.123. The Hall–Kier alpha value is -2.41. The highest BCUT2D eigenvalue weighted by molar-refractivity contribution is 9.10. The van der Waals surface area contributed by atoms with Gasteiger partial charge in [-0.05, 0) is 36.8 Å². The van der Waals surface area contributed by atoms with Gasteiger partial charge in [0.25, 0.3) is 0 Å². The SMILES string of the molecule is COc1cccc(/C=C/C(=O)Nc2cc(Br)ccc2C)c1OC(F)F. The van der Waals surface area contributed by atoms with Crippen LogP contribution in [-0.4, -0.2) is 19.6 Å². The molecular weight excluding hydrogens is 396 g/mol. The number of benzene rings is 2. The lowest BCUT2D eigenvalue weighted by atomic mass is 10.1. The topological polar surface area (TPSA) is 47.6 Å². The molecule has 0 unspecified atom stereocenters. The molecular formula is C18H16BrF2NO3. The number of carbonyl (C=O) groups excluding carboxylic acids is 1. The highest BCUT2D eigenvalue weighted by Crippen LogP contribution is 2.33. The van der Waals surface area contributed by atoms with E-state index in [0.717, 1.165) is 10.0 Å². The van der Waals surface area contributed by atoms with Gasteiger partial charge in [0.2, 0.25) is 5.91 Å². The van der Waals surface area contributed by atoms with E-state index in [9.17, 15) is 13.6 Å². The number of rotatable bonds is 6. The van der Waals surface area contributed by atoms with Crippen molar-refractivity contribution in [1.29, 1.82) is 0 Å². The van der Waals surface area contributed by atoms with Crippen LogP contribution in [0.3, 0.4) is 0 Å². The fourth-order valence-electron chi connectivity index (χ4n) is 2.11. The van der Waals surface area contributed by atoms with E-state index >= 15 is 0 Å². The molecule has 1 N–H and O–H groups in total. The van der Waals surface area contributed by atoms with Crippen molar-refractivity contribution in [1.82, 2.24) is 0 Å². The van der Waals surface area contributed by atoms with Gasteiger partial charge in [0.05, 0.1) is 7.11 Å².